The molecule has 140 valence electrons. The zero-order valence-electron chi connectivity index (χ0n) is 14.5. The molecule has 3 aliphatic carbocycles. The highest BCUT2D eigenvalue weighted by Gasteiger charge is 2.68. The maximum Gasteiger partial charge on any atom is 0.253 e. The van der Waals surface area contributed by atoms with Gasteiger partial charge in [0.15, 0.2) is 5.78 Å². The summed E-state index contributed by atoms with van der Waals surface area (Å²) in [4.78, 5) is 28.5. The Balaban J connectivity index is 1.24. The van der Waals surface area contributed by atoms with Crippen molar-refractivity contribution in [3.63, 3.8) is 0 Å². The van der Waals surface area contributed by atoms with E-state index in [0.29, 0.717) is 27.8 Å². The number of benzene rings is 1. The molecule has 1 aromatic heterocycles. The van der Waals surface area contributed by atoms with Gasteiger partial charge in [-0.25, -0.2) is 0 Å². The molecule has 1 aromatic carbocycles. The van der Waals surface area contributed by atoms with E-state index in [1.807, 2.05) is 0 Å². The molecule has 27 heavy (non-hydrogen) atoms. The lowest BCUT2D eigenvalue weighted by atomic mass is 9.38. The number of Topliss-reactive ketones (excluding diaryl/α,β-unsaturated/α-hetero) is 1. The summed E-state index contributed by atoms with van der Waals surface area (Å²) in [5, 5.41) is 3.94. The van der Waals surface area contributed by atoms with E-state index in [0.717, 1.165) is 19.3 Å². The summed E-state index contributed by atoms with van der Waals surface area (Å²) in [5.41, 5.74) is 0.417. The van der Waals surface area contributed by atoms with E-state index in [2.05, 4.69) is 10.3 Å². The molecular formula is C20H18Cl2N2O3. The molecule has 3 aliphatic rings. The SMILES string of the molecule is O=C(COc1ccc(Cl)c(Cl)c1)CC12CC(NC(=O)c3cccnc3)(C1)C2. The fourth-order valence-electron chi connectivity index (χ4n) is 4.33. The van der Waals surface area contributed by atoms with Gasteiger partial charge < -0.3 is 10.1 Å². The Kier molecular flexibility index (Phi) is 4.60. The molecule has 0 spiro atoms. The predicted molar refractivity (Wildman–Crippen MR) is 102 cm³/mol. The van der Waals surface area contributed by atoms with Crippen LogP contribution < -0.4 is 10.1 Å². The Morgan fingerprint density at radius 2 is 1.93 bits per heavy atom. The predicted octanol–water partition coefficient (Wildman–Crippen LogP) is 4.08. The van der Waals surface area contributed by atoms with Crippen LogP contribution in [-0.2, 0) is 4.79 Å². The highest BCUT2D eigenvalue weighted by Crippen LogP contribution is 2.69. The molecule has 0 unspecified atom stereocenters. The first kappa shape index (κ1) is 18.3. The summed E-state index contributed by atoms with van der Waals surface area (Å²) in [6, 6.07) is 8.41. The maximum atomic E-state index is 12.3. The average molecular weight is 405 g/mol. The van der Waals surface area contributed by atoms with Crippen LogP contribution >= 0.6 is 23.2 Å². The lowest BCUT2D eigenvalue weighted by molar-refractivity contribution is -0.162. The number of amides is 1. The number of hydrogen-bond acceptors (Lipinski definition) is 4. The van der Waals surface area contributed by atoms with Crippen LogP contribution in [0, 0.1) is 5.41 Å². The molecule has 1 N–H and O–H groups in total. The molecule has 7 heteroatoms. The fraction of sp³-hybridized carbons (Fsp3) is 0.350. The fourth-order valence-corrected chi connectivity index (χ4v) is 4.62. The van der Waals surface area contributed by atoms with E-state index >= 15 is 0 Å². The monoisotopic (exact) mass is 404 g/mol. The Morgan fingerprint density at radius 3 is 2.59 bits per heavy atom. The summed E-state index contributed by atoms with van der Waals surface area (Å²) < 4.78 is 5.51. The van der Waals surface area contributed by atoms with Gasteiger partial charge in [-0.2, -0.15) is 0 Å². The molecule has 0 atom stereocenters. The number of nitrogens with one attached hydrogen (secondary N) is 1. The normalized spacial score (nSPS) is 25.1. The zero-order chi connectivity index (χ0) is 19.1. The minimum Gasteiger partial charge on any atom is -0.486 e. The molecule has 0 radical (unpaired) electrons. The molecule has 0 saturated heterocycles. The van der Waals surface area contributed by atoms with E-state index in [1.54, 1.807) is 42.7 Å². The smallest absolute Gasteiger partial charge is 0.253 e. The highest BCUT2D eigenvalue weighted by atomic mass is 35.5. The lowest BCUT2D eigenvalue weighted by Gasteiger charge is -2.70. The standard InChI is InChI=1S/C20H18Cl2N2O3/c21-16-4-3-15(6-17(16)22)27-9-14(25)7-19-10-20(11-19,12-19)24-18(26)13-2-1-5-23-8-13/h1-6,8H,7,9-12H2,(H,24,26). The second-order valence-electron chi connectivity index (χ2n) is 7.59. The highest BCUT2D eigenvalue weighted by molar-refractivity contribution is 6.42. The van der Waals surface area contributed by atoms with Gasteiger partial charge in [0.1, 0.15) is 12.4 Å². The molecule has 5 nitrogen and oxygen atoms in total. The summed E-state index contributed by atoms with van der Waals surface area (Å²) >= 11 is 11.8. The number of aromatic nitrogens is 1. The Bertz CT molecular complexity index is 882. The van der Waals surface area contributed by atoms with Crippen molar-refractivity contribution in [1.29, 1.82) is 0 Å². The van der Waals surface area contributed by atoms with Crippen molar-refractivity contribution in [2.75, 3.05) is 6.61 Å². The van der Waals surface area contributed by atoms with Gasteiger partial charge in [0.2, 0.25) is 0 Å². The van der Waals surface area contributed by atoms with Crippen LogP contribution in [0.2, 0.25) is 10.0 Å². The Morgan fingerprint density at radius 1 is 1.15 bits per heavy atom. The van der Waals surface area contributed by atoms with Gasteiger partial charge in [-0.05, 0) is 48.9 Å². The quantitative estimate of drug-likeness (QED) is 0.754. The second-order valence-corrected chi connectivity index (χ2v) is 8.40. The molecule has 1 amide bonds. The number of nitrogens with zero attached hydrogens (tertiary/aromatic N) is 1. The van der Waals surface area contributed by atoms with Crippen molar-refractivity contribution < 1.29 is 14.3 Å². The molecular weight excluding hydrogens is 387 g/mol. The number of rotatable bonds is 7. The first-order valence-electron chi connectivity index (χ1n) is 8.71. The first-order valence-corrected chi connectivity index (χ1v) is 9.47. The lowest BCUT2D eigenvalue weighted by Crippen LogP contribution is -2.75. The number of pyridine rings is 1. The molecule has 2 aromatic rings. The van der Waals surface area contributed by atoms with Crippen LogP contribution in [0.15, 0.2) is 42.7 Å². The van der Waals surface area contributed by atoms with E-state index in [1.165, 1.54) is 0 Å². The summed E-state index contributed by atoms with van der Waals surface area (Å²) in [7, 11) is 0. The largest absolute Gasteiger partial charge is 0.486 e. The van der Waals surface area contributed by atoms with E-state index in [9.17, 15) is 9.59 Å². The molecule has 0 aliphatic heterocycles. The van der Waals surface area contributed by atoms with Crippen LogP contribution in [0.1, 0.15) is 36.0 Å². The van der Waals surface area contributed by atoms with Crippen LogP contribution in [0.4, 0.5) is 0 Å². The van der Waals surface area contributed by atoms with Crippen LogP contribution in [0.25, 0.3) is 0 Å². The Labute approximate surface area is 167 Å². The van der Waals surface area contributed by atoms with Crippen molar-refractivity contribution in [2.45, 2.75) is 31.2 Å². The third-order valence-electron chi connectivity index (χ3n) is 5.31. The van der Waals surface area contributed by atoms with Crippen molar-refractivity contribution in [2.24, 2.45) is 5.41 Å². The molecule has 1 heterocycles. The van der Waals surface area contributed by atoms with E-state index in [-0.39, 0.29) is 29.3 Å². The number of carbonyl (C=O) groups is 2. The number of ether oxygens (including phenoxy) is 1. The minimum atomic E-state index is -0.155. The van der Waals surface area contributed by atoms with Crippen LogP contribution in [-0.4, -0.2) is 28.8 Å². The van der Waals surface area contributed by atoms with Gasteiger partial charge in [-0.15, -0.1) is 0 Å². The van der Waals surface area contributed by atoms with Gasteiger partial charge in [-0.1, -0.05) is 23.2 Å². The van der Waals surface area contributed by atoms with Gasteiger partial charge in [0, 0.05) is 30.4 Å². The van der Waals surface area contributed by atoms with Gasteiger partial charge in [0.25, 0.3) is 5.91 Å². The topological polar surface area (TPSA) is 68.3 Å². The van der Waals surface area contributed by atoms with Crippen LogP contribution in [0.5, 0.6) is 5.75 Å². The third kappa shape index (κ3) is 3.66. The maximum absolute atomic E-state index is 12.3. The van der Waals surface area contributed by atoms with Crippen LogP contribution in [0.3, 0.4) is 0 Å². The van der Waals surface area contributed by atoms with Crippen molar-refractivity contribution >= 4 is 34.9 Å². The van der Waals surface area contributed by atoms with Crippen molar-refractivity contribution in [3.05, 3.63) is 58.3 Å². The van der Waals surface area contributed by atoms with Crippen molar-refractivity contribution in [3.8, 4) is 5.75 Å². The third-order valence-corrected chi connectivity index (χ3v) is 6.04. The molecule has 5 rings (SSSR count). The molecule has 2 bridgehead atoms. The van der Waals surface area contributed by atoms with E-state index < -0.39 is 0 Å². The zero-order valence-corrected chi connectivity index (χ0v) is 16.0. The van der Waals surface area contributed by atoms with Gasteiger partial charge in [-0.3, -0.25) is 14.6 Å². The summed E-state index contributed by atoms with van der Waals surface area (Å²) in [5.74, 6) is 0.467. The summed E-state index contributed by atoms with van der Waals surface area (Å²) in [6.45, 7) is 0.00869. The number of halogens is 2. The molecule has 3 fully saturated rings. The van der Waals surface area contributed by atoms with Crippen molar-refractivity contribution in [1.82, 2.24) is 10.3 Å². The number of carbonyl (C=O) groups excluding carboxylic acids is 2. The summed E-state index contributed by atoms with van der Waals surface area (Å²) in [6.07, 6.45) is 6.18. The average Bonchev–Trinajstić information content (AvgIpc) is 2.60. The van der Waals surface area contributed by atoms with Gasteiger partial charge in [0.05, 0.1) is 15.6 Å². The number of ketones is 1. The molecule has 3 saturated carbocycles. The Hall–Kier alpha value is -2.11. The van der Waals surface area contributed by atoms with Gasteiger partial charge >= 0.3 is 0 Å². The minimum absolute atomic E-state index is 0.00869. The first-order chi connectivity index (χ1) is 12.9. The van der Waals surface area contributed by atoms with E-state index in [4.69, 9.17) is 27.9 Å². The second kappa shape index (κ2) is 6.80. The number of hydrogen-bond donors (Lipinski definition) is 1.